The second-order valence-electron chi connectivity index (χ2n) is 1.95. The maximum atomic E-state index is 10.9. The summed E-state index contributed by atoms with van der Waals surface area (Å²) in [7, 11) is 1.67. The van der Waals surface area contributed by atoms with Crippen molar-refractivity contribution in [2.24, 2.45) is 0 Å². The first-order valence-electron chi connectivity index (χ1n) is 2.69. The third kappa shape index (κ3) is 2.57. The van der Waals surface area contributed by atoms with Crippen molar-refractivity contribution in [3.8, 4) is 0 Å². The number of nitrogens with zero attached hydrogens (tertiary/aromatic N) is 1. The predicted molar refractivity (Wildman–Crippen MR) is 47.8 cm³/mol. The molecule has 2 atom stereocenters. The Kier molecular flexibility index (Phi) is 5.59. The summed E-state index contributed by atoms with van der Waals surface area (Å²) >= 11 is 6.72. The van der Waals surface area contributed by atoms with E-state index in [4.69, 9.17) is 11.6 Å². The standard InChI is InChI=1S/C5H6ClNO2S.Ca.2H/c1-7-3(2-8)4(9)5(6)10-7;;;/h2-3,5H,1H3;;;/q;+2;2*-1. The van der Waals surface area contributed by atoms with Gasteiger partial charge in [-0.05, 0) is 7.05 Å². The van der Waals surface area contributed by atoms with Crippen molar-refractivity contribution >= 4 is 73.4 Å². The molecule has 0 amide bonds. The van der Waals surface area contributed by atoms with Crippen LogP contribution in [0.5, 0.6) is 0 Å². The van der Waals surface area contributed by atoms with Gasteiger partial charge in [-0.2, -0.15) is 0 Å². The van der Waals surface area contributed by atoms with E-state index in [1.807, 2.05) is 0 Å². The summed E-state index contributed by atoms with van der Waals surface area (Å²) in [6.45, 7) is 0. The van der Waals surface area contributed by atoms with Crippen LogP contribution in [-0.2, 0) is 9.59 Å². The van der Waals surface area contributed by atoms with E-state index in [1.165, 1.54) is 11.9 Å². The zero-order chi connectivity index (χ0) is 7.72. The van der Waals surface area contributed by atoms with Crippen LogP contribution in [-0.4, -0.2) is 71.9 Å². The minimum absolute atomic E-state index is 0. The fourth-order valence-corrected chi connectivity index (χ4v) is 2.06. The number of likely N-dealkylation sites (N-methyl/N-ethyl adjacent to an activating group) is 1. The molecule has 2 unspecified atom stereocenters. The molecule has 0 radical (unpaired) electrons. The Labute approximate surface area is 107 Å². The average molecular weight is 222 g/mol. The second kappa shape index (κ2) is 5.04. The summed E-state index contributed by atoms with van der Waals surface area (Å²) in [6, 6.07) is -0.646. The molecule has 0 bridgehead atoms. The Morgan fingerprint density at radius 2 is 2.36 bits per heavy atom. The average Bonchev–Trinajstić information content (AvgIpc) is 2.09. The van der Waals surface area contributed by atoms with Crippen LogP contribution in [0.2, 0.25) is 0 Å². The van der Waals surface area contributed by atoms with Crippen LogP contribution in [0.4, 0.5) is 0 Å². The van der Waals surface area contributed by atoms with Gasteiger partial charge in [0.15, 0.2) is 10.5 Å². The van der Waals surface area contributed by atoms with Crippen LogP contribution in [0, 0.1) is 0 Å². The molecule has 1 rings (SSSR count). The molecule has 11 heavy (non-hydrogen) atoms. The van der Waals surface area contributed by atoms with Gasteiger partial charge in [-0.3, -0.25) is 4.79 Å². The van der Waals surface area contributed by atoms with Gasteiger partial charge in [0, 0.05) is 0 Å². The molecule has 0 aromatic heterocycles. The van der Waals surface area contributed by atoms with Crippen LogP contribution < -0.4 is 0 Å². The van der Waals surface area contributed by atoms with Gasteiger partial charge in [0.05, 0.1) is 0 Å². The summed E-state index contributed by atoms with van der Waals surface area (Å²) in [5.74, 6) is -0.218. The normalized spacial score (nSPS) is 31.6. The number of halogens is 1. The first-order chi connectivity index (χ1) is 4.66. The molecule has 1 aliphatic rings. The van der Waals surface area contributed by atoms with E-state index in [0.29, 0.717) is 6.29 Å². The number of ketones is 1. The number of hydrogen-bond acceptors (Lipinski definition) is 4. The fourth-order valence-electron chi connectivity index (χ4n) is 0.730. The van der Waals surface area contributed by atoms with Crippen LogP contribution in [0.15, 0.2) is 0 Å². The summed E-state index contributed by atoms with van der Waals surface area (Å²) in [4.78, 5) is 21.2. The van der Waals surface area contributed by atoms with E-state index in [0.717, 1.165) is 0 Å². The second-order valence-corrected chi connectivity index (χ2v) is 3.90. The Morgan fingerprint density at radius 3 is 2.55 bits per heavy atom. The third-order valence-corrected chi connectivity index (χ3v) is 2.73. The van der Waals surface area contributed by atoms with E-state index in [-0.39, 0.29) is 46.4 Å². The molecule has 0 aliphatic carbocycles. The van der Waals surface area contributed by atoms with Crippen LogP contribution in [0.1, 0.15) is 2.85 Å². The fraction of sp³-hybridized carbons (Fsp3) is 0.600. The van der Waals surface area contributed by atoms with E-state index in [9.17, 15) is 9.59 Å². The zero-order valence-corrected chi connectivity index (χ0v) is 9.77. The number of carbonyl (C=O) groups excluding carboxylic acids is 2. The first-order valence-corrected chi connectivity index (χ1v) is 3.97. The number of rotatable bonds is 1. The molecule has 0 N–H and O–H groups in total. The molecule has 0 spiro atoms. The summed E-state index contributed by atoms with van der Waals surface area (Å²) in [5.41, 5.74) is 0. The van der Waals surface area contributed by atoms with Gasteiger partial charge in [0.1, 0.15) is 12.3 Å². The van der Waals surface area contributed by atoms with Gasteiger partial charge in [-0.25, -0.2) is 4.31 Å². The molecule has 0 aromatic carbocycles. The van der Waals surface area contributed by atoms with Crippen molar-refractivity contribution in [2.75, 3.05) is 7.05 Å². The number of alkyl halides is 1. The topological polar surface area (TPSA) is 37.4 Å². The van der Waals surface area contributed by atoms with Crippen molar-refractivity contribution in [1.29, 1.82) is 0 Å². The molecular formula is C5H8CaClNO2S. The molecule has 6 heteroatoms. The number of Topliss-reactive ketones (excluding diaryl/α,β-unsaturated/α-hetero) is 1. The predicted octanol–water partition coefficient (Wildman–Crippen LogP) is 0.126. The van der Waals surface area contributed by atoms with E-state index in [1.54, 1.807) is 11.4 Å². The smallest absolute Gasteiger partial charge is 1.00 e. The molecular weight excluding hydrogens is 214 g/mol. The van der Waals surface area contributed by atoms with Crippen molar-refractivity contribution in [3.63, 3.8) is 0 Å². The number of aldehydes is 1. The Bertz CT molecular complexity index is 188. The van der Waals surface area contributed by atoms with Gasteiger partial charge < -0.3 is 7.65 Å². The van der Waals surface area contributed by atoms with Crippen LogP contribution in [0.25, 0.3) is 0 Å². The molecule has 1 saturated heterocycles. The Hall–Kier alpha value is 1.20. The molecule has 3 nitrogen and oxygen atoms in total. The Balaban J connectivity index is -0.000000333. The summed E-state index contributed by atoms with van der Waals surface area (Å²) in [5, 5.41) is 0. The van der Waals surface area contributed by atoms with Gasteiger partial charge in [0.25, 0.3) is 0 Å². The maximum Gasteiger partial charge on any atom is 2.00 e. The maximum absolute atomic E-state index is 10.9. The van der Waals surface area contributed by atoms with E-state index < -0.39 is 10.8 Å². The van der Waals surface area contributed by atoms with Crippen molar-refractivity contribution in [2.45, 2.75) is 10.8 Å². The Morgan fingerprint density at radius 1 is 1.82 bits per heavy atom. The molecule has 0 aromatic rings. The largest absolute Gasteiger partial charge is 2.00 e. The van der Waals surface area contributed by atoms with Gasteiger partial charge in [-0.15, -0.1) is 11.6 Å². The molecule has 1 fully saturated rings. The van der Waals surface area contributed by atoms with Crippen molar-refractivity contribution in [1.82, 2.24) is 4.31 Å². The van der Waals surface area contributed by atoms with Gasteiger partial charge in [0.2, 0.25) is 0 Å². The number of carbonyl (C=O) groups is 2. The minimum Gasteiger partial charge on any atom is -1.00 e. The van der Waals surface area contributed by atoms with E-state index in [2.05, 4.69) is 0 Å². The molecule has 1 heterocycles. The van der Waals surface area contributed by atoms with Gasteiger partial charge >= 0.3 is 37.7 Å². The zero-order valence-electron chi connectivity index (χ0n) is 7.99. The van der Waals surface area contributed by atoms with Crippen LogP contribution in [0.3, 0.4) is 0 Å². The summed E-state index contributed by atoms with van der Waals surface area (Å²) < 4.78 is 0.979. The molecule has 0 saturated carbocycles. The number of hydrogen-bond donors (Lipinski definition) is 0. The monoisotopic (exact) mass is 221 g/mol. The quantitative estimate of drug-likeness (QED) is 0.207. The first kappa shape index (κ1) is 12.2. The molecule has 60 valence electrons. The van der Waals surface area contributed by atoms with Crippen LogP contribution >= 0.6 is 23.5 Å². The van der Waals surface area contributed by atoms with Crippen molar-refractivity contribution < 1.29 is 12.4 Å². The van der Waals surface area contributed by atoms with Crippen molar-refractivity contribution in [3.05, 3.63) is 0 Å². The van der Waals surface area contributed by atoms with E-state index >= 15 is 0 Å². The minimum atomic E-state index is -0.646. The SMILES string of the molecule is CN1SC(Cl)C(=O)C1C=O.[Ca+2].[H-].[H-]. The van der Waals surface area contributed by atoms with Gasteiger partial charge in [-0.1, -0.05) is 11.9 Å². The third-order valence-electron chi connectivity index (χ3n) is 1.29. The summed E-state index contributed by atoms with van der Waals surface area (Å²) in [6.07, 6.45) is 0.609. The molecule has 1 aliphatic heterocycles.